The standard InChI is InChI=1S/C37H30N2O5/c38-44-36(37(41)43-35(27-17-9-3-10-18-27)28-19-11-4-12-20-28)30-21-23-31(33-29(30)22-24-32(40)39-33)42-34(25-13-5-1-6-14-25)26-15-7-2-8-16-26/h1-24,34-36H,38H2,(H,39,40). The number of esters is 1. The second-order valence-electron chi connectivity index (χ2n) is 10.2. The van der Waals surface area contributed by atoms with E-state index in [1.54, 1.807) is 18.2 Å². The van der Waals surface area contributed by atoms with Gasteiger partial charge in [-0.15, -0.1) is 0 Å². The maximum atomic E-state index is 13.7. The third-order valence-electron chi connectivity index (χ3n) is 7.41. The number of ether oxygens (including phenoxy) is 2. The van der Waals surface area contributed by atoms with Crippen molar-refractivity contribution in [3.63, 3.8) is 0 Å². The summed E-state index contributed by atoms with van der Waals surface area (Å²) in [4.78, 5) is 34.4. The molecule has 44 heavy (non-hydrogen) atoms. The lowest BCUT2D eigenvalue weighted by Crippen LogP contribution is -2.24. The lowest BCUT2D eigenvalue weighted by Gasteiger charge is -2.24. The Morgan fingerprint density at radius 3 is 1.55 bits per heavy atom. The van der Waals surface area contributed by atoms with Gasteiger partial charge in [0.25, 0.3) is 0 Å². The van der Waals surface area contributed by atoms with Crippen LogP contribution in [0.25, 0.3) is 10.9 Å². The van der Waals surface area contributed by atoms with Crippen LogP contribution >= 0.6 is 0 Å². The first kappa shape index (κ1) is 28.6. The minimum Gasteiger partial charge on any atom is -0.479 e. The van der Waals surface area contributed by atoms with E-state index in [4.69, 9.17) is 20.2 Å². The topological polar surface area (TPSA) is 104 Å². The SMILES string of the molecule is NOC(C(=O)OC(c1ccccc1)c1ccccc1)c1ccc(OC(c2ccccc2)c2ccccc2)c2[nH]c(=O)ccc12. The summed E-state index contributed by atoms with van der Waals surface area (Å²) in [6, 6.07) is 45.0. The molecule has 0 fully saturated rings. The summed E-state index contributed by atoms with van der Waals surface area (Å²) in [5.74, 6) is 5.49. The van der Waals surface area contributed by atoms with E-state index in [9.17, 15) is 9.59 Å². The van der Waals surface area contributed by atoms with E-state index in [1.807, 2.05) is 121 Å². The number of benzene rings is 5. The van der Waals surface area contributed by atoms with E-state index in [1.165, 1.54) is 6.07 Å². The second-order valence-corrected chi connectivity index (χ2v) is 10.2. The Labute approximate surface area is 254 Å². The summed E-state index contributed by atoms with van der Waals surface area (Å²) in [5, 5.41) is 0.533. The van der Waals surface area contributed by atoms with E-state index in [0.717, 1.165) is 22.3 Å². The predicted octanol–water partition coefficient (Wildman–Crippen LogP) is 6.96. The second kappa shape index (κ2) is 13.2. The van der Waals surface area contributed by atoms with Crippen molar-refractivity contribution in [2.24, 2.45) is 5.90 Å². The molecule has 1 aromatic heterocycles. The number of aromatic nitrogens is 1. The van der Waals surface area contributed by atoms with Gasteiger partial charge in [-0.1, -0.05) is 127 Å². The van der Waals surface area contributed by atoms with Gasteiger partial charge in [0.15, 0.2) is 6.10 Å². The fraction of sp³-hybridized carbons (Fsp3) is 0.0811. The van der Waals surface area contributed by atoms with E-state index < -0.39 is 24.3 Å². The summed E-state index contributed by atoms with van der Waals surface area (Å²) in [7, 11) is 0. The average Bonchev–Trinajstić information content (AvgIpc) is 3.08. The molecule has 3 N–H and O–H groups in total. The van der Waals surface area contributed by atoms with Crippen molar-refractivity contribution in [2.45, 2.75) is 18.3 Å². The van der Waals surface area contributed by atoms with Crippen LogP contribution in [0.3, 0.4) is 0 Å². The van der Waals surface area contributed by atoms with E-state index >= 15 is 0 Å². The Kier molecular flexibility index (Phi) is 8.59. The summed E-state index contributed by atoms with van der Waals surface area (Å²) in [6.07, 6.45) is -2.43. The molecular weight excluding hydrogens is 552 g/mol. The van der Waals surface area contributed by atoms with Crippen LogP contribution < -0.4 is 16.2 Å². The lowest BCUT2D eigenvalue weighted by atomic mass is 9.99. The van der Waals surface area contributed by atoms with Crippen LogP contribution in [0.1, 0.15) is 46.1 Å². The van der Waals surface area contributed by atoms with Crippen molar-refractivity contribution in [2.75, 3.05) is 0 Å². The van der Waals surface area contributed by atoms with Gasteiger partial charge in [-0.3, -0.25) is 9.63 Å². The maximum Gasteiger partial charge on any atom is 0.343 e. The molecule has 0 spiro atoms. The number of nitrogens with two attached hydrogens (primary N) is 1. The normalized spacial score (nSPS) is 11.9. The average molecular weight is 583 g/mol. The Hall–Kier alpha value is -5.50. The van der Waals surface area contributed by atoms with Gasteiger partial charge in [0, 0.05) is 17.0 Å². The van der Waals surface area contributed by atoms with Crippen molar-refractivity contribution in [3.8, 4) is 5.75 Å². The summed E-state index contributed by atoms with van der Waals surface area (Å²) < 4.78 is 12.7. The number of fused-ring (bicyclic) bond motifs is 1. The molecule has 6 rings (SSSR count). The number of aromatic amines is 1. The molecule has 0 aliphatic carbocycles. The van der Waals surface area contributed by atoms with Crippen molar-refractivity contribution in [1.29, 1.82) is 0 Å². The highest BCUT2D eigenvalue weighted by atomic mass is 16.7. The first-order valence-electron chi connectivity index (χ1n) is 14.2. The van der Waals surface area contributed by atoms with Crippen LogP contribution in [0.4, 0.5) is 0 Å². The molecule has 0 amide bonds. The van der Waals surface area contributed by atoms with Gasteiger partial charge < -0.3 is 14.5 Å². The monoisotopic (exact) mass is 582 g/mol. The molecule has 7 nitrogen and oxygen atoms in total. The highest BCUT2D eigenvalue weighted by molar-refractivity contribution is 5.92. The summed E-state index contributed by atoms with van der Waals surface area (Å²) >= 11 is 0. The van der Waals surface area contributed by atoms with E-state index in [2.05, 4.69) is 4.98 Å². The molecule has 0 saturated heterocycles. The van der Waals surface area contributed by atoms with Crippen LogP contribution in [-0.4, -0.2) is 11.0 Å². The minimum absolute atomic E-state index is 0.323. The van der Waals surface area contributed by atoms with Crippen molar-refractivity contribution in [3.05, 3.63) is 184 Å². The van der Waals surface area contributed by atoms with Crippen LogP contribution in [0.15, 0.2) is 150 Å². The first-order chi connectivity index (χ1) is 21.6. The number of carbonyl (C=O) groups is 1. The Bertz CT molecular complexity index is 1820. The quantitative estimate of drug-likeness (QED) is 0.134. The maximum absolute atomic E-state index is 13.7. The van der Waals surface area contributed by atoms with Gasteiger partial charge in [-0.05, 0) is 34.4 Å². The predicted molar refractivity (Wildman–Crippen MR) is 169 cm³/mol. The zero-order chi connectivity index (χ0) is 30.3. The molecule has 7 heteroatoms. The van der Waals surface area contributed by atoms with Crippen molar-refractivity contribution in [1.82, 2.24) is 4.98 Å². The number of carbonyl (C=O) groups excluding carboxylic acids is 1. The number of rotatable bonds is 10. The molecule has 0 aliphatic heterocycles. The van der Waals surface area contributed by atoms with E-state index in [0.29, 0.717) is 22.2 Å². The molecule has 1 atom stereocenters. The first-order valence-corrected chi connectivity index (χ1v) is 14.2. The Balaban J connectivity index is 1.38. The summed E-state index contributed by atoms with van der Waals surface area (Å²) in [5.41, 5.74) is 3.98. The Morgan fingerprint density at radius 1 is 0.591 bits per heavy atom. The largest absolute Gasteiger partial charge is 0.479 e. The van der Waals surface area contributed by atoms with Crippen LogP contribution in [-0.2, 0) is 14.4 Å². The van der Waals surface area contributed by atoms with Gasteiger partial charge in [0.2, 0.25) is 11.7 Å². The van der Waals surface area contributed by atoms with Crippen LogP contribution in [0.5, 0.6) is 5.75 Å². The lowest BCUT2D eigenvalue weighted by molar-refractivity contribution is -0.162. The molecule has 0 bridgehead atoms. The fourth-order valence-corrected chi connectivity index (χ4v) is 5.30. The molecule has 1 heterocycles. The molecule has 5 aromatic carbocycles. The molecule has 0 saturated carbocycles. The summed E-state index contributed by atoms with van der Waals surface area (Å²) in [6.45, 7) is 0. The molecule has 0 aliphatic rings. The van der Waals surface area contributed by atoms with Crippen molar-refractivity contribution < 1.29 is 19.1 Å². The molecule has 6 aromatic rings. The number of H-pyrrole nitrogens is 1. The fourth-order valence-electron chi connectivity index (χ4n) is 5.30. The molecule has 1 unspecified atom stereocenters. The van der Waals surface area contributed by atoms with Crippen LogP contribution in [0.2, 0.25) is 0 Å². The number of pyridine rings is 1. The minimum atomic E-state index is -1.29. The highest BCUT2D eigenvalue weighted by Crippen LogP contribution is 2.37. The number of hydrogen-bond donors (Lipinski definition) is 2. The highest BCUT2D eigenvalue weighted by Gasteiger charge is 2.30. The third kappa shape index (κ3) is 6.15. The number of hydrogen-bond acceptors (Lipinski definition) is 6. The van der Waals surface area contributed by atoms with Gasteiger partial charge in [0.05, 0.1) is 5.52 Å². The number of nitrogens with one attached hydrogen (secondary N) is 1. The zero-order valence-corrected chi connectivity index (χ0v) is 23.7. The van der Waals surface area contributed by atoms with Gasteiger partial charge >= 0.3 is 5.97 Å². The Morgan fingerprint density at radius 2 is 1.07 bits per heavy atom. The van der Waals surface area contributed by atoms with Gasteiger partial charge in [-0.2, -0.15) is 0 Å². The van der Waals surface area contributed by atoms with Crippen molar-refractivity contribution >= 4 is 16.9 Å². The van der Waals surface area contributed by atoms with E-state index in [-0.39, 0.29) is 5.56 Å². The molecular formula is C37H30N2O5. The van der Waals surface area contributed by atoms with Crippen LogP contribution in [0, 0.1) is 0 Å². The van der Waals surface area contributed by atoms with Gasteiger partial charge in [0.1, 0.15) is 11.9 Å². The van der Waals surface area contributed by atoms with Gasteiger partial charge in [-0.25, -0.2) is 10.7 Å². The zero-order valence-electron chi connectivity index (χ0n) is 23.7. The smallest absolute Gasteiger partial charge is 0.343 e. The third-order valence-corrected chi connectivity index (χ3v) is 7.41. The molecule has 218 valence electrons. The molecule has 0 radical (unpaired) electrons.